The number of aromatic nitrogens is 4. The van der Waals surface area contributed by atoms with E-state index in [9.17, 15) is 4.79 Å². The van der Waals surface area contributed by atoms with E-state index in [0.717, 1.165) is 0 Å². The Morgan fingerprint density at radius 3 is 2.77 bits per heavy atom. The van der Waals surface area contributed by atoms with Crippen LogP contribution in [0.5, 0.6) is 0 Å². The summed E-state index contributed by atoms with van der Waals surface area (Å²) in [5, 5.41) is 14.2. The minimum Gasteiger partial charge on any atom is -0.321 e. The van der Waals surface area contributed by atoms with Gasteiger partial charge in [0.1, 0.15) is 6.33 Å². The molecule has 0 fully saturated rings. The van der Waals surface area contributed by atoms with Crippen LogP contribution in [0.1, 0.15) is 10.4 Å². The van der Waals surface area contributed by atoms with Gasteiger partial charge in [0.15, 0.2) is 0 Å². The molecule has 110 valence electrons. The van der Waals surface area contributed by atoms with E-state index in [-0.39, 0.29) is 5.91 Å². The van der Waals surface area contributed by atoms with E-state index in [2.05, 4.69) is 36.8 Å². The van der Waals surface area contributed by atoms with E-state index in [0.29, 0.717) is 26.4 Å². The zero-order valence-electron chi connectivity index (χ0n) is 11.1. The molecule has 8 heteroatoms. The van der Waals surface area contributed by atoms with Crippen LogP contribution in [0.4, 0.5) is 5.69 Å². The van der Waals surface area contributed by atoms with Crippen molar-refractivity contribution in [1.29, 1.82) is 0 Å². The summed E-state index contributed by atoms with van der Waals surface area (Å²) in [6.45, 7) is 0. The minimum atomic E-state index is -0.261. The number of carbonyl (C=O) groups excluding carboxylic acids is 1. The van der Waals surface area contributed by atoms with Crippen molar-refractivity contribution in [2.24, 2.45) is 0 Å². The molecule has 1 heterocycles. The number of tetrazole rings is 1. The number of nitrogens with one attached hydrogen (secondary N) is 1. The van der Waals surface area contributed by atoms with Gasteiger partial charge in [0.25, 0.3) is 5.91 Å². The van der Waals surface area contributed by atoms with E-state index >= 15 is 0 Å². The van der Waals surface area contributed by atoms with Gasteiger partial charge < -0.3 is 5.32 Å². The third kappa shape index (κ3) is 3.00. The highest BCUT2D eigenvalue weighted by atomic mass is 79.9. The molecule has 3 aromatic rings. The molecule has 2 aromatic carbocycles. The standard InChI is InChI=1S/C14H9BrClN5O/c15-11-4-2-1-3-10(11)14(22)18-13-7-9(5-6-12(13)16)21-8-17-19-20-21/h1-8H,(H,18,22). The first-order valence-corrected chi connectivity index (χ1v) is 7.41. The fraction of sp³-hybridized carbons (Fsp3) is 0. The van der Waals surface area contributed by atoms with Crippen molar-refractivity contribution in [2.75, 3.05) is 5.32 Å². The number of anilines is 1. The molecule has 1 aromatic heterocycles. The molecule has 0 atom stereocenters. The minimum absolute atomic E-state index is 0.261. The van der Waals surface area contributed by atoms with E-state index in [1.54, 1.807) is 36.4 Å². The van der Waals surface area contributed by atoms with E-state index in [1.165, 1.54) is 11.0 Å². The summed E-state index contributed by atoms with van der Waals surface area (Å²) in [5.41, 5.74) is 1.69. The summed E-state index contributed by atoms with van der Waals surface area (Å²) in [7, 11) is 0. The number of amides is 1. The number of rotatable bonds is 3. The van der Waals surface area contributed by atoms with Crippen molar-refractivity contribution >= 4 is 39.1 Å². The highest BCUT2D eigenvalue weighted by Crippen LogP contribution is 2.26. The van der Waals surface area contributed by atoms with Gasteiger partial charge >= 0.3 is 0 Å². The van der Waals surface area contributed by atoms with E-state index in [1.807, 2.05) is 6.07 Å². The number of halogens is 2. The van der Waals surface area contributed by atoms with Crippen LogP contribution in [0.15, 0.2) is 53.3 Å². The van der Waals surface area contributed by atoms with E-state index in [4.69, 9.17) is 11.6 Å². The summed E-state index contributed by atoms with van der Waals surface area (Å²) in [6, 6.07) is 12.3. The molecule has 3 rings (SSSR count). The van der Waals surface area contributed by atoms with Crippen LogP contribution in [0, 0.1) is 0 Å². The Morgan fingerprint density at radius 2 is 2.05 bits per heavy atom. The first-order valence-electron chi connectivity index (χ1n) is 6.24. The van der Waals surface area contributed by atoms with Crippen LogP contribution >= 0.6 is 27.5 Å². The van der Waals surface area contributed by atoms with Crippen LogP contribution in [-0.4, -0.2) is 26.1 Å². The average molecular weight is 379 g/mol. The summed E-state index contributed by atoms with van der Waals surface area (Å²) in [4.78, 5) is 12.3. The van der Waals surface area contributed by atoms with Crippen LogP contribution in [0.2, 0.25) is 5.02 Å². The zero-order chi connectivity index (χ0) is 15.5. The number of hydrogen-bond donors (Lipinski definition) is 1. The molecule has 0 unspecified atom stereocenters. The average Bonchev–Trinajstić information content (AvgIpc) is 3.04. The van der Waals surface area contributed by atoms with Crippen molar-refractivity contribution in [3.8, 4) is 5.69 Å². The predicted molar refractivity (Wildman–Crippen MR) is 86.3 cm³/mol. The Kier molecular flexibility index (Phi) is 4.17. The molecule has 1 amide bonds. The van der Waals surface area contributed by atoms with Crippen LogP contribution in [0.25, 0.3) is 5.69 Å². The maximum Gasteiger partial charge on any atom is 0.256 e. The van der Waals surface area contributed by atoms with Gasteiger partial charge in [-0.2, -0.15) is 0 Å². The highest BCUT2D eigenvalue weighted by Gasteiger charge is 2.12. The quantitative estimate of drug-likeness (QED) is 0.759. The second kappa shape index (κ2) is 6.25. The Bertz CT molecular complexity index is 822. The summed E-state index contributed by atoms with van der Waals surface area (Å²) in [6.07, 6.45) is 1.46. The first-order chi connectivity index (χ1) is 10.6. The zero-order valence-corrected chi connectivity index (χ0v) is 13.4. The Balaban J connectivity index is 1.91. The van der Waals surface area contributed by atoms with Crippen molar-refractivity contribution in [3.05, 3.63) is 63.9 Å². The third-order valence-corrected chi connectivity index (χ3v) is 3.95. The number of hydrogen-bond acceptors (Lipinski definition) is 4. The molecule has 0 radical (unpaired) electrons. The van der Waals surface area contributed by atoms with Gasteiger partial charge in [-0.25, -0.2) is 4.68 Å². The molecule has 0 bridgehead atoms. The first kappa shape index (κ1) is 14.7. The van der Waals surface area contributed by atoms with Crippen LogP contribution < -0.4 is 5.32 Å². The monoisotopic (exact) mass is 377 g/mol. The lowest BCUT2D eigenvalue weighted by Gasteiger charge is -2.10. The van der Waals surface area contributed by atoms with Gasteiger partial charge in [0.05, 0.1) is 22.0 Å². The predicted octanol–water partition coefficient (Wildman–Crippen LogP) is 3.33. The smallest absolute Gasteiger partial charge is 0.256 e. The molecule has 6 nitrogen and oxygen atoms in total. The number of carbonyl (C=O) groups is 1. The van der Waals surface area contributed by atoms with Gasteiger partial charge in [0.2, 0.25) is 0 Å². The van der Waals surface area contributed by atoms with Crippen molar-refractivity contribution in [3.63, 3.8) is 0 Å². The largest absolute Gasteiger partial charge is 0.321 e. The van der Waals surface area contributed by atoms with Crippen LogP contribution in [0.3, 0.4) is 0 Å². The lowest BCUT2D eigenvalue weighted by molar-refractivity contribution is 0.102. The van der Waals surface area contributed by atoms with Gasteiger partial charge in [-0.1, -0.05) is 23.7 Å². The van der Waals surface area contributed by atoms with Gasteiger partial charge in [-0.3, -0.25) is 4.79 Å². The molecule has 0 saturated carbocycles. The maximum absolute atomic E-state index is 12.3. The number of benzene rings is 2. The number of nitrogens with zero attached hydrogens (tertiary/aromatic N) is 4. The fourth-order valence-electron chi connectivity index (χ4n) is 1.87. The molecule has 0 spiro atoms. The summed E-state index contributed by atoms with van der Waals surface area (Å²) < 4.78 is 2.19. The maximum atomic E-state index is 12.3. The molecule has 0 aliphatic heterocycles. The second-order valence-corrected chi connectivity index (χ2v) is 5.61. The SMILES string of the molecule is O=C(Nc1cc(-n2cnnn2)ccc1Cl)c1ccccc1Br. The van der Waals surface area contributed by atoms with Gasteiger partial charge in [0, 0.05) is 4.47 Å². The lowest BCUT2D eigenvalue weighted by Crippen LogP contribution is -2.13. The van der Waals surface area contributed by atoms with Crippen LogP contribution in [-0.2, 0) is 0 Å². The molecular formula is C14H9BrClN5O. The Hall–Kier alpha value is -2.25. The van der Waals surface area contributed by atoms with Crippen molar-refractivity contribution in [2.45, 2.75) is 0 Å². The molecule has 0 saturated heterocycles. The topological polar surface area (TPSA) is 72.7 Å². The van der Waals surface area contributed by atoms with E-state index < -0.39 is 0 Å². The molecular weight excluding hydrogens is 370 g/mol. The molecule has 0 aliphatic rings. The summed E-state index contributed by atoms with van der Waals surface area (Å²) in [5.74, 6) is -0.261. The Labute approximate surface area is 139 Å². The molecule has 22 heavy (non-hydrogen) atoms. The van der Waals surface area contributed by atoms with Crippen molar-refractivity contribution < 1.29 is 4.79 Å². The molecule has 0 aliphatic carbocycles. The fourth-order valence-corrected chi connectivity index (χ4v) is 2.50. The molecule has 1 N–H and O–H groups in total. The van der Waals surface area contributed by atoms with Gasteiger partial charge in [-0.15, -0.1) is 5.10 Å². The lowest BCUT2D eigenvalue weighted by atomic mass is 10.2. The Morgan fingerprint density at radius 1 is 1.23 bits per heavy atom. The highest BCUT2D eigenvalue weighted by molar-refractivity contribution is 9.10. The third-order valence-electron chi connectivity index (χ3n) is 2.93. The van der Waals surface area contributed by atoms with Crippen molar-refractivity contribution in [1.82, 2.24) is 20.2 Å². The normalized spacial score (nSPS) is 10.5. The second-order valence-electron chi connectivity index (χ2n) is 4.35. The summed E-state index contributed by atoms with van der Waals surface area (Å²) >= 11 is 9.49. The van der Waals surface area contributed by atoms with Gasteiger partial charge in [-0.05, 0) is 56.7 Å².